The molecule has 1 heterocycles. The molecule has 3 heteroatoms. The molecule has 0 amide bonds. The third kappa shape index (κ3) is 3.43. The highest BCUT2D eigenvalue weighted by molar-refractivity contribution is 5.83. The van der Waals surface area contributed by atoms with E-state index in [1.54, 1.807) is 0 Å². The lowest BCUT2D eigenvalue weighted by atomic mass is 10.1. The Labute approximate surface area is 154 Å². The van der Waals surface area contributed by atoms with Crippen molar-refractivity contribution in [2.24, 2.45) is 5.92 Å². The van der Waals surface area contributed by atoms with Crippen molar-refractivity contribution in [3.05, 3.63) is 72.6 Å². The number of fused-ring (bicyclic) bond motifs is 2. The van der Waals surface area contributed by atoms with Crippen molar-refractivity contribution in [1.82, 2.24) is 9.55 Å². The fourth-order valence-electron chi connectivity index (χ4n) is 3.41. The Morgan fingerprint density at radius 2 is 1.69 bits per heavy atom. The fraction of sp³-hybridized carbons (Fsp3) is 0.261. The zero-order valence-corrected chi connectivity index (χ0v) is 15.4. The molecular weight excluding hydrogens is 320 g/mol. The largest absolute Gasteiger partial charge is 0.492 e. The third-order valence-corrected chi connectivity index (χ3v) is 4.63. The Morgan fingerprint density at radius 3 is 2.54 bits per heavy atom. The van der Waals surface area contributed by atoms with E-state index in [2.05, 4.69) is 73.0 Å². The minimum atomic E-state index is 0.576. The highest BCUT2D eigenvalue weighted by Gasteiger charge is 2.11. The number of para-hydroxylation sites is 2. The Balaban J connectivity index is 1.53. The molecule has 0 saturated carbocycles. The highest BCUT2D eigenvalue weighted by atomic mass is 16.5. The van der Waals surface area contributed by atoms with Crippen LogP contribution in [-0.4, -0.2) is 16.2 Å². The SMILES string of the molecule is CC(C)Cc1nc2ccccc2n1CCOc1ccc2ccccc2c1. The molecule has 0 aliphatic heterocycles. The van der Waals surface area contributed by atoms with E-state index in [4.69, 9.17) is 9.72 Å². The van der Waals surface area contributed by atoms with Gasteiger partial charge in [0.05, 0.1) is 17.6 Å². The fourth-order valence-corrected chi connectivity index (χ4v) is 3.41. The first-order chi connectivity index (χ1) is 12.7. The van der Waals surface area contributed by atoms with Crippen LogP contribution in [0.4, 0.5) is 0 Å². The number of hydrogen-bond donors (Lipinski definition) is 0. The van der Waals surface area contributed by atoms with Gasteiger partial charge in [0, 0.05) is 6.42 Å². The Hall–Kier alpha value is -2.81. The molecule has 0 atom stereocenters. The van der Waals surface area contributed by atoms with Gasteiger partial charge >= 0.3 is 0 Å². The molecule has 3 nitrogen and oxygen atoms in total. The van der Waals surface area contributed by atoms with Crippen LogP contribution >= 0.6 is 0 Å². The minimum absolute atomic E-state index is 0.576. The van der Waals surface area contributed by atoms with Crippen molar-refractivity contribution in [3.63, 3.8) is 0 Å². The monoisotopic (exact) mass is 344 g/mol. The molecule has 0 aliphatic carbocycles. The summed E-state index contributed by atoms with van der Waals surface area (Å²) in [6, 6.07) is 23.0. The quantitative estimate of drug-likeness (QED) is 0.464. The molecule has 0 saturated heterocycles. The molecule has 0 N–H and O–H groups in total. The van der Waals surface area contributed by atoms with Crippen molar-refractivity contribution in [3.8, 4) is 5.75 Å². The molecule has 0 spiro atoms. The standard InChI is InChI=1S/C23H24N2O/c1-17(2)15-23-24-21-9-5-6-10-22(21)25(23)13-14-26-20-12-11-18-7-3-4-8-19(18)16-20/h3-12,16-17H,13-15H2,1-2H3. The van der Waals surface area contributed by atoms with E-state index in [-0.39, 0.29) is 0 Å². The Kier molecular flexibility index (Phi) is 4.61. The average Bonchev–Trinajstić information content (AvgIpc) is 2.98. The molecule has 0 radical (unpaired) electrons. The van der Waals surface area contributed by atoms with Gasteiger partial charge < -0.3 is 9.30 Å². The van der Waals surface area contributed by atoms with Crippen LogP contribution in [0.3, 0.4) is 0 Å². The lowest BCUT2D eigenvalue weighted by Gasteiger charge is -2.12. The first-order valence-corrected chi connectivity index (χ1v) is 9.26. The summed E-state index contributed by atoms with van der Waals surface area (Å²) < 4.78 is 8.35. The summed E-state index contributed by atoms with van der Waals surface area (Å²) in [5.41, 5.74) is 2.25. The van der Waals surface area contributed by atoms with Crippen LogP contribution < -0.4 is 4.74 Å². The number of nitrogens with zero attached hydrogens (tertiary/aromatic N) is 2. The molecule has 26 heavy (non-hydrogen) atoms. The normalized spacial score (nSPS) is 11.5. The van der Waals surface area contributed by atoms with E-state index in [1.807, 2.05) is 12.1 Å². The minimum Gasteiger partial charge on any atom is -0.492 e. The van der Waals surface area contributed by atoms with Gasteiger partial charge in [0.2, 0.25) is 0 Å². The number of hydrogen-bond acceptors (Lipinski definition) is 2. The van der Waals surface area contributed by atoms with Crippen molar-refractivity contribution >= 4 is 21.8 Å². The van der Waals surface area contributed by atoms with Gasteiger partial charge in [0.25, 0.3) is 0 Å². The maximum absolute atomic E-state index is 6.05. The van der Waals surface area contributed by atoms with E-state index in [0.29, 0.717) is 12.5 Å². The smallest absolute Gasteiger partial charge is 0.120 e. The summed E-state index contributed by atoms with van der Waals surface area (Å²) in [4.78, 5) is 4.83. The van der Waals surface area contributed by atoms with Gasteiger partial charge in [-0.05, 0) is 41.0 Å². The number of imidazole rings is 1. The van der Waals surface area contributed by atoms with Crippen molar-refractivity contribution < 1.29 is 4.74 Å². The van der Waals surface area contributed by atoms with Crippen LogP contribution in [0.25, 0.3) is 21.8 Å². The molecule has 1 aromatic heterocycles. The second-order valence-electron chi connectivity index (χ2n) is 7.12. The molecule has 0 unspecified atom stereocenters. The van der Waals surface area contributed by atoms with Gasteiger partial charge in [-0.1, -0.05) is 56.3 Å². The van der Waals surface area contributed by atoms with E-state index in [0.717, 1.165) is 30.1 Å². The van der Waals surface area contributed by atoms with Gasteiger partial charge in [0.1, 0.15) is 18.2 Å². The number of benzene rings is 3. The van der Waals surface area contributed by atoms with Gasteiger partial charge in [-0.2, -0.15) is 0 Å². The van der Waals surface area contributed by atoms with Gasteiger partial charge in [-0.25, -0.2) is 4.98 Å². The lowest BCUT2D eigenvalue weighted by Crippen LogP contribution is -2.12. The first-order valence-electron chi connectivity index (χ1n) is 9.26. The van der Waals surface area contributed by atoms with Crippen molar-refractivity contribution in [1.29, 1.82) is 0 Å². The molecule has 4 rings (SSSR count). The highest BCUT2D eigenvalue weighted by Crippen LogP contribution is 2.22. The van der Waals surface area contributed by atoms with Gasteiger partial charge in [-0.3, -0.25) is 0 Å². The number of aromatic nitrogens is 2. The molecular formula is C23H24N2O. The van der Waals surface area contributed by atoms with E-state index >= 15 is 0 Å². The van der Waals surface area contributed by atoms with Gasteiger partial charge in [-0.15, -0.1) is 0 Å². The first kappa shape index (κ1) is 16.6. The molecule has 4 aromatic rings. The third-order valence-electron chi connectivity index (χ3n) is 4.63. The second kappa shape index (κ2) is 7.20. The topological polar surface area (TPSA) is 27.1 Å². The van der Waals surface area contributed by atoms with E-state index < -0.39 is 0 Å². The van der Waals surface area contributed by atoms with Crippen LogP contribution in [0.1, 0.15) is 19.7 Å². The average molecular weight is 344 g/mol. The zero-order valence-electron chi connectivity index (χ0n) is 15.4. The van der Waals surface area contributed by atoms with Crippen molar-refractivity contribution in [2.75, 3.05) is 6.61 Å². The van der Waals surface area contributed by atoms with Crippen LogP contribution in [0, 0.1) is 5.92 Å². The summed E-state index contributed by atoms with van der Waals surface area (Å²) in [5.74, 6) is 2.63. The number of ether oxygens (including phenoxy) is 1. The van der Waals surface area contributed by atoms with Crippen LogP contribution in [-0.2, 0) is 13.0 Å². The summed E-state index contributed by atoms with van der Waals surface area (Å²) in [7, 11) is 0. The summed E-state index contributed by atoms with van der Waals surface area (Å²) in [6.45, 7) is 5.89. The predicted molar refractivity (Wildman–Crippen MR) is 108 cm³/mol. The maximum atomic E-state index is 6.05. The molecule has 3 aromatic carbocycles. The zero-order chi connectivity index (χ0) is 17.9. The summed E-state index contributed by atoms with van der Waals surface area (Å²) in [5, 5.41) is 2.44. The van der Waals surface area contributed by atoms with E-state index in [9.17, 15) is 0 Å². The molecule has 0 fully saturated rings. The molecule has 132 valence electrons. The van der Waals surface area contributed by atoms with Crippen LogP contribution in [0.15, 0.2) is 66.7 Å². The molecule has 0 bridgehead atoms. The number of rotatable bonds is 6. The molecule has 0 aliphatic rings. The Morgan fingerprint density at radius 1 is 0.923 bits per heavy atom. The van der Waals surface area contributed by atoms with Crippen LogP contribution in [0.2, 0.25) is 0 Å². The maximum Gasteiger partial charge on any atom is 0.120 e. The Bertz CT molecular complexity index is 1030. The van der Waals surface area contributed by atoms with E-state index in [1.165, 1.54) is 16.3 Å². The lowest BCUT2D eigenvalue weighted by molar-refractivity contribution is 0.298. The van der Waals surface area contributed by atoms with Gasteiger partial charge in [0.15, 0.2) is 0 Å². The summed E-state index contributed by atoms with van der Waals surface area (Å²) >= 11 is 0. The van der Waals surface area contributed by atoms with Crippen molar-refractivity contribution in [2.45, 2.75) is 26.8 Å². The van der Waals surface area contributed by atoms with Crippen LogP contribution in [0.5, 0.6) is 5.75 Å². The predicted octanol–water partition coefficient (Wildman–Crippen LogP) is 5.47. The summed E-state index contributed by atoms with van der Waals surface area (Å²) in [6.07, 6.45) is 0.977. The second-order valence-corrected chi connectivity index (χ2v) is 7.12.